The van der Waals surface area contributed by atoms with E-state index in [1.165, 1.54) is 35.5 Å². The Morgan fingerprint density at radius 2 is 1.67 bits per heavy atom. The van der Waals surface area contributed by atoms with Crippen molar-refractivity contribution in [3.63, 3.8) is 0 Å². The summed E-state index contributed by atoms with van der Waals surface area (Å²) in [6.07, 6.45) is 0. The Kier molecular flexibility index (Phi) is 5.01. The van der Waals surface area contributed by atoms with Crippen molar-refractivity contribution in [1.29, 1.82) is 0 Å². The van der Waals surface area contributed by atoms with Gasteiger partial charge in [-0.2, -0.15) is 0 Å². The number of anilines is 1. The second-order valence-corrected chi connectivity index (χ2v) is 8.40. The van der Waals surface area contributed by atoms with Gasteiger partial charge in [-0.1, -0.05) is 12.1 Å². The van der Waals surface area contributed by atoms with Crippen LogP contribution in [0.2, 0.25) is 0 Å². The minimum absolute atomic E-state index is 0.283. The normalized spacial score (nSPS) is 11.4. The van der Waals surface area contributed by atoms with E-state index in [9.17, 15) is 13.6 Å². The number of hydrogen-bond donors (Lipinski definition) is 1. The molecule has 0 aliphatic heterocycles. The minimum atomic E-state index is -0.377. The number of fused-ring (bicyclic) bond motifs is 2. The molecule has 33 heavy (non-hydrogen) atoms. The molecule has 0 unspecified atom stereocenters. The first-order valence-electron chi connectivity index (χ1n) is 10.7. The van der Waals surface area contributed by atoms with Crippen LogP contribution in [0.1, 0.15) is 27.3 Å². The van der Waals surface area contributed by atoms with E-state index in [2.05, 4.69) is 23.7 Å². The molecule has 0 aliphatic rings. The molecule has 1 amide bonds. The van der Waals surface area contributed by atoms with Crippen molar-refractivity contribution in [3.8, 4) is 0 Å². The molecule has 0 saturated carbocycles. The van der Waals surface area contributed by atoms with Crippen LogP contribution < -0.4 is 5.32 Å². The summed E-state index contributed by atoms with van der Waals surface area (Å²) in [5, 5.41) is 4.67. The molecule has 0 fully saturated rings. The van der Waals surface area contributed by atoms with Crippen LogP contribution in [0.25, 0.3) is 21.8 Å². The molecule has 0 saturated heterocycles. The molecule has 6 heteroatoms. The van der Waals surface area contributed by atoms with Gasteiger partial charge in [0.1, 0.15) is 17.3 Å². The first-order valence-corrected chi connectivity index (χ1v) is 10.7. The van der Waals surface area contributed by atoms with Gasteiger partial charge in [-0.25, -0.2) is 8.78 Å². The number of halogens is 2. The molecule has 1 N–H and O–H groups in total. The number of aryl methyl sites for hydroxylation is 2. The Balaban J connectivity index is 1.55. The number of nitrogens with zero attached hydrogens (tertiary/aromatic N) is 2. The number of aromatic nitrogens is 2. The Bertz CT molecular complexity index is 1540. The Morgan fingerprint density at radius 3 is 2.45 bits per heavy atom. The molecule has 2 aromatic heterocycles. The van der Waals surface area contributed by atoms with E-state index in [1.54, 1.807) is 28.8 Å². The number of carbonyl (C=O) groups is 1. The van der Waals surface area contributed by atoms with E-state index in [0.29, 0.717) is 27.8 Å². The van der Waals surface area contributed by atoms with Gasteiger partial charge >= 0.3 is 0 Å². The summed E-state index contributed by atoms with van der Waals surface area (Å²) in [4.78, 5) is 13.3. The summed E-state index contributed by atoms with van der Waals surface area (Å²) in [5.41, 5.74) is 5.90. The fourth-order valence-electron chi connectivity index (χ4n) is 4.45. The highest BCUT2D eigenvalue weighted by Gasteiger charge is 2.18. The van der Waals surface area contributed by atoms with Crippen molar-refractivity contribution in [1.82, 2.24) is 9.13 Å². The van der Waals surface area contributed by atoms with Crippen LogP contribution in [0.5, 0.6) is 0 Å². The largest absolute Gasteiger partial charge is 0.348 e. The minimum Gasteiger partial charge on any atom is -0.348 e. The number of benzene rings is 3. The molecule has 4 nitrogen and oxygen atoms in total. The average molecular weight is 443 g/mol. The van der Waals surface area contributed by atoms with Crippen molar-refractivity contribution in [2.75, 3.05) is 5.32 Å². The zero-order valence-corrected chi connectivity index (χ0v) is 18.6. The van der Waals surface area contributed by atoms with E-state index >= 15 is 0 Å². The van der Waals surface area contributed by atoms with Gasteiger partial charge in [0, 0.05) is 46.8 Å². The van der Waals surface area contributed by atoms with E-state index in [4.69, 9.17) is 0 Å². The molecule has 5 rings (SSSR count). The van der Waals surface area contributed by atoms with Gasteiger partial charge in [0.05, 0.1) is 0 Å². The Hall–Kier alpha value is -3.93. The van der Waals surface area contributed by atoms with Gasteiger partial charge in [-0.3, -0.25) is 4.79 Å². The van der Waals surface area contributed by atoms with Crippen molar-refractivity contribution in [3.05, 3.63) is 101 Å². The van der Waals surface area contributed by atoms with Gasteiger partial charge in [0.25, 0.3) is 5.91 Å². The molecule has 166 valence electrons. The maximum atomic E-state index is 13.9. The lowest BCUT2D eigenvalue weighted by Gasteiger charge is -2.12. The summed E-state index contributed by atoms with van der Waals surface area (Å²) in [6.45, 7) is 4.41. The van der Waals surface area contributed by atoms with Crippen molar-refractivity contribution in [2.45, 2.75) is 20.4 Å². The zero-order valence-electron chi connectivity index (χ0n) is 18.6. The summed E-state index contributed by atoms with van der Waals surface area (Å²) in [5.74, 6) is -1.03. The average Bonchev–Trinajstić information content (AvgIpc) is 3.24. The van der Waals surface area contributed by atoms with Gasteiger partial charge in [0.15, 0.2) is 0 Å². The van der Waals surface area contributed by atoms with Crippen LogP contribution in [-0.4, -0.2) is 15.0 Å². The zero-order chi connectivity index (χ0) is 23.3. The van der Waals surface area contributed by atoms with E-state index in [-0.39, 0.29) is 24.1 Å². The summed E-state index contributed by atoms with van der Waals surface area (Å²) < 4.78 is 31.5. The lowest BCUT2D eigenvalue weighted by Crippen LogP contribution is -2.17. The van der Waals surface area contributed by atoms with Gasteiger partial charge in [-0.05, 0) is 79.6 Å². The van der Waals surface area contributed by atoms with Gasteiger partial charge in [0.2, 0.25) is 0 Å². The van der Waals surface area contributed by atoms with Gasteiger partial charge in [-0.15, -0.1) is 0 Å². The van der Waals surface area contributed by atoms with Crippen LogP contribution in [0.15, 0.2) is 66.7 Å². The molecular weight excluding hydrogens is 420 g/mol. The van der Waals surface area contributed by atoms with E-state index in [1.807, 2.05) is 25.2 Å². The highest BCUT2D eigenvalue weighted by atomic mass is 19.1. The van der Waals surface area contributed by atoms with Crippen LogP contribution in [0, 0.1) is 25.5 Å². The van der Waals surface area contributed by atoms with Crippen LogP contribution >= 0.6 is 0 Å². The van der Waals surface area contributed by atoms with E-state index < -0.39 is 0 Å². The highest BCUT2D eigenvalue weighted by Crippen LogP contribution is 2.28. The van der Waals surface area contributed by atoms with E-state index in [0.717, 1.165) is 10.9 Å². The SMILES string of the molecule is Cc1c(C)n(C)c2ccc(NC(=O)c3cc4cc(F)ccc4n3Cc3cccc(F)c3)cc12. The standard InChI is InChI=1S/C27H23F2N3O/c1-16-17(2)31(3)25-10-8-22(14-23(16)25)30-27(33)26-13-19-12-21(29)7-9-24(19)32(26)15-18-5-4-6-20(28)11-18/h4-14H,15H2,1-3H3,(H,30,33). The Labute approximate surface area is 190 Å². The van der Waals surface area contributed by atoms with Crippen LogP contribution in [0.4, 0.5) is 14.5 Å². The molecule has 0 bridgehead atoms. The number of amides is 1. The lowest BCUT2D eigenvalue weighted by molar-refractivity contribution is 0.101. The maximum Gasteiger partial charge on any atom is 0.272 e. The quantitative estimate of drug-likeness (QED) is 0.346. The van der Waals surface area contributed by atoms with Crippen molar-refractivity contribution in [2.24, 2.45) is 7.05 Å². The predicted octanol–water partition coefficient (Wildman–Crippen LogP) is 6.33. The summed E-state index contributed by atoms with van der Waals surface area (Å²) in [6, 6.07) is 18.2. The third-order valence-electron chi connectivity index (χ3n) is 6.39. The van der Waals surface area contributed by atoms with Crippen molar-refractivity contribution < 1.29 is 13.6 Å². The maximum absolute atomic E-state index is 13.9. The second-order valence-electron chi connectivity index (χ2n) is 8.40. The molecule has 0 atom stereocenters. The number of carbonyl (C=O) groups excluding carboxylic acids is 1. The first kappa shape index (κ1) is 20.9. The lowest BCUT2D eigenvalue weighted by atomic mass is 10.1. The van der Waals surface area contributed by atoms with Gasteiger partial charge < -0.3 is 14.5 Å². The highest BCUT2D eigenvalue weighted by molar-refractivity contribution is 6.07. The number of nitrogens with one attached hydrogen (secondary N) is 1. The molecular formula is C27H23F2N3O. The third-order valence-corrected chi connectivity index (χ3v) is 6.39. The second kappa shape index (κ2) is 7.89. The topological polar surface area (TPSA) is 39.0 Å². The first-order chi connectivity index (χ1) is 15.8. The fourth-order valence-corrected chi connectivity index (χ4v) is 4.45. The van der Waals surface area contributed by atoms with Crippen LogP contribution in [0.3, 0.4) is 0 Å². The van der Waals surface area contributed by atoms with Crippen molar-refractivity contribution >= 4 is 33.4 Å². The Morgan fingerprint density at radius 1 is 0.909 bits per heavy atom. The molecule has 3 aromatic carbocycles. The smallest absolute Gasteiger partial charge is 0.272 e. The monoisotopic (exact) mass is 443 g/mol. The fraction of sp³-hybridized carbons (Fsp3) is 0.148. The molecule has 0 aliphatic carbocycles. The predicted molar refractivity (Wildman–Crippen MR) is 128 cm³/mol. The number of rotatable bonds is 4. The summed E-state index contributed by atoms with van der Waals surface area (Å²) in [7, 11) is 2.02. The molecule has 5 aromatic rings. The van der Waals surface area contributed by atoms with Crippen LogP contribution in [-0.2, 0) is 13.6 Å². The third kappa shape index (κ3) is 3.67. The molecule has 2 heterocycles. The summed E-state index contributed by atoms with van der Waals surface area (Å²) >= 11 is 0. The number of hydrogen-bond acceptors (Lipinski definition) is 1. The molecule has 0 radical (unpaired) electrons. The molecule has 0 spiro atoms.